The molecule has 21 heavy (non-hydrogen) atoms. The lowest BCUT2D eigenvalue weighted by atomic mass is 9.96. The molecule has 0 spiro atoms. The highest BCUT2D eigenvalue weighted by molar-refractivity contribution is 6.32. The number of amides is 1. The molecule has 1 amide bonds. The molecule has 1 heterocycles. The van der Waals surface area contributed by atoms with Crippen molar-refractivity contribution in [2.45, 2.75) is 20.0 Å². The molecular weight excluding hydrogens is 296 g/mol. The Kier molecular flexibility index (Phi) is 4.34. The highest BCUT2D eigenvalue weighted by Crippen LogP contribution is 2.39. The zero-order valence-corrected chi connectivity index (χ0v) is 12.3. The Morgan fingerprint density at radius 2 is 2.38 bits per heavy atom. The molecule has 1 aliphatic rings. The minimum Gasteiger partial charge on any atom is -0.493 e. The van der Waals surface area contributed by atoms with Crippen molar-refractivity contribution in [1.29, 1.82) is 5.26 Å². The molecule has 1 aromatic carbocycles. The molecule has 1 aromatic rings. The fraction of sp³-hybridized carbons (Fsp3) is 0.357. The Morgan fingerprint density at radius 3 is 2.86 bits per heavy atom. The molecule has 0 saturated carbocycles. The molecular formula is C14H13ClN2O4. The summed E-state index contributed by atoms with van der Waals surface area (Å²) in [6.07, 6.45) is -1.30. The van der Waals surface area contributed by atoms with Gasteiger partial charge in [-0.1, -0.05) is 11.6 Å². The lowest BCUT2D eigenvalue weighted by Gasteiger charge is -2.19. The maximum atomic E-state index is 11.8. The molecule has 0 aliphatic carbocycles. The zero-order chi connectivity index (χ0) is 15.6. The van der Waals surface area contributed by atoms with E-state index in [4.69, 9.17) is 21.1 Å². The van der Waals surface area contributed by atoms with E-state index >= 15 is 0 Å². The van der Waals surface area contributed by atoms with Crippen LogP contribution in [0.15, 0.2) is 6.07 Å². The van der Waals surface area contributed by atoms with Crippen LogP contribution in [-0.4, -0.2) is 25.0 Å². The van der Waals surface area contributed by atoms with Gasteiger partial charge in [0.05, 0.1) is 34.9 Å². The Morgan fingerprint density at radius 1 is 1.67 bits per heavy atom. The van der Waals surface area contributed by atoms with E-state index in [2.05, 4.69) is 5.32 Å². The third-order valence-electron chi connectivity index (χ3n) is 3.05. The summed E-state index contributed by atoms with van der Waals surface area (Å²) in [5.41, 5.74) is 0.737. The number of hydrogen-bond acceptors (Lipinski definition) is 5. The van der Waals surface area contributed by atoms with Gasteiger partial charge in [-0.25, -0.2) is 4.79 Å². The Balaban J connectivity index is 2.70. The molecule has 110 valence electrons. The smallest absolute Gasteiger partial charge is 0.407 e. The SMILES string of the molecule is CCOc1c(C(C)=O)cc(Cl)c(C#N)c1C1CNC(=O)O1. The molecule has 1 fully saturated rings. The number of benzene rings is 1. The van der Waals surface area contributed by atoms with E-state index in [1.807, 2.05) is 6.07 Å². The van der Waals surface area contributed by atoms with Crippen molar-refractivity contribution in [2.24, 2.45) is 0 Å². The predicted molar refractivity (Wildman–Crippen MR) is 74.6 cm³/mol. The Labute approximate surface area is 126 Å². The summed E-state index contributed by atoms with van der Waals surface area (Å²) in [7, 11) is 0. The highest BCUT2D eigenvalue weighted by atomic mass is 35.5. The van der Waals surface area contributed by atoms with E-state index < -0.39 is 12.2 Å². The number of alkyl carbamates (subject to hydrolysis) is 1. The van der Waals surface area contributed by atoms with Crippen molar-refractivity contribution >= 4 is 23.5 Å². The van der Waals surface area contributed by atoms with E-state index in [0.717, 1.165) is 0 Å². The maximum absolute atomic E-state index is 11.8. The summed E-state index contributed by atoms with van der Waals surface area (Å²) in [5.74, 6) is -0.00387. The number of nitrogens with zero attached hydrogens (tertiary/aromatic N) is 1. The zero-order valence-electron chi connectivity index (χ0n) is 11.5. The van der Waals surface area contributed by atoms with Crippen LogP contribution in [0.4, 0.5) is 4.79 Å². The van der Waals surface area contributed by atoms with Crippen molar-refractivity contribution < 1.29 is 19.1 Å². The van der Waals surface area contributed by atoms with Gasteiger partial charge in [-0.3, -0.25) is 4.79 Å². The van der Waals surface area contributed by atoms with E-state index in [1.54, 1.807) is 6.92 Å². The van der Waals surface area contributed by atoms with Crippen LogP contribution in [0.1, 0.15) is 41.4 Å². The van der Waals surface area contributed by atoms with Crippen LogP contribution in [0.3, 0.4) is 0 Å². The maximum Gasteiger partial charge on any atom is 0.407 e. The lowest BCUT2D eigenvalue weighted by Crippen LogP contribution is -2.14. The Bertz CT molecular complexity index is 651. The number of hydrogen-bond donors (Lipinski definition) is 1. The summed E-state index contributed by atoms with van der Waals surface area (Å²) >= 11 is 6.07. The number of cyclic esters (lactones) is 1. The molecule has 6 nitrogen and oxygen atoms in total. The topological polar surface area (TPSA) is 88.4 Å². The number of ether oxygens (including phenoxy) is 2. The quantitative estimate of drug-likeness (QED) is 0.864. The van der Waals surface area contributed by atoms with Crippen LogP contribution < -0.4 is 10.1 Å². The second kappa shape index (κ2) is 6.02. The molecule has 1 atom stereocenters. The molecule has 7 heteroatoms. The van der Waals surface area contributed by atoms with Crippen molar-refractivity contribution in [3.8, 4) is 11.8 Å². The van der Waals surface area contributed by atoms with Gasteiger partial charge in [0.15, 0.2) is 11.9 Å². The molecule has 0 bridgehead atoms. The fourth-order valence-electron chi connectivity index (χ4n) is 2.18. The summed E-state index contributed by atoms with van der Waals surface area (Å²) in [5, 5.41) is 11.9. The third kappa shape index (κ3) is 2.78. The van der Waals surface area contributed by atoms with E-state index in [1.165, 1.54) is 13.0 Å². The average Bonchev–Trinajstić information content (AvgIpc) is 2.86. The van der Waals surface area contributed by atoms with Gasteiger partial charge in [-0.2, -0.15) is 5.26 Å². The average molecular weight is 309 g/mol. The molecule has 0 radical (unpaired) electrons. The molecule has 1 N–H and O–H groups in total. The predicted octanol–water partition coefficient (Wildman–Crippen LogP) is 2.59. The first kappa shape index (κ1) is 15.1. The summed E-state index contributed by atoms with van der Waals surface area (Å²) in [4.78, 5) is 23.0. The van der Waals surface area contributed by atoms with Crippen LogP contribution in [0.25, 0.3) is 0 Å². The monoisotopic (exact) mass is 308 g/mol. The van der Waals surface area contributed by atoms with Crippen molar-refractivity contribution in [2.75, 3.05) is 13.2 Å². The number of ketones is 1. The van der Waals surface area contributed by atoms with Gasteiger partial charge in [0.1, 0.15) is 11.8 Å². The molecule has 0 aromatic heterocycles. The summed E-state index contributed by atoms with van der Waals surface area (Å²) in [6.45, 7) is 3.62. The van der Waals surface area contributed by atoms with E-state index in [-0.39, 0.29) is 34.2 Å². The minimum absolute atomic E-state index is 0.129. The third-order valence-corrected chi connectivity index (χ3v) is 3.35. The van der Waals surface area contributed by atoms with Crippen LogP contribution in [0, 0.1) is 11.3 Å². The van der Waals surface area contributed by atoms with Crippen molar-refractivity contribution in [3.63, 3.8) is 0 Å². The van der Waals surface area contributed by atoms with Crippen molar-refractivity contribution in [1.82, 2.24) is 5.32 Å². The second-order valence-corrected chi connectivity index (χ2v) is 4.81. The van der Waals surface area contributed by atoms with Crippen LogP contribution in [-0.2, 0) is 4.74 Å². The number of carbonyl (C=O) groups excluding carboxylic acids is 2. The molecule has 1 saturated heterocycles. The van der Waals surface area contributed by atoms with Crippen LogP contribution in [0.2, 0.25) is 5.02 Å². The number of halogens is 1. The number of nitriles is 1. The lowest BCUT2D eigenvalue weighted by molar-refractivity contribution is 0.101. The van der Waals surface area contributed by atoms with Gasteiger partial charge >= 0.3 is 6.09 Å². The van der Waals surface area contributed by atoms with Crippen LogP contribution >= 0.6 is 11.6 Å². The van der Waals surface area contributed by atoms with Crippen LogP contribution in [0.5, 0.6) is 5.75 Å². The first-order valence-electron chi connectivity index (χ1n) is 6.34. The van der Waals surface area contributed by atoms with Gasteiger partial charge in [0, 0.05) is 0 Å². The van der Waals surface area contributed by atoms with Gasteiger partial charge in [-0.15, -0.1) is 0 Å². The number of rotatable bonds is 4. The van der Waals surface area contributed by atoms with E-state index in [0.29, 0.717) is 12.2 Å². The molecule has 2 rings (SSSR count). The van der Waals surface area contributed by atoms with Crippen molar-refractivity contribution in [3.05, 3.63) is 27.8 Å². The largest absolute Gasteiger partial charge is 0.493 e. The van der Waals surface area contributed by atoms with Gasteiger partial charge < -0.3 is 14.8 Å². The normalized spacial score (nSPS) is 16.9. The highest BCUT2D eigenvalue weighted by Gasteiger charge is 2.33. The molecule has 1 aliphatic heterocycles. The first-order valence-corrected chi connectivity index (χ1v) is 6.72. The first-order chi connectivity index (χ1) is 9.99. The number of nitrogens with one attached hydrogen (secondary N) is 1. The minimum atomic E-state index is -0.717. The van der Waals surface area contributed by atoms with E-state index in [9.17, 15) is 14.9 Å². The Hall–Kier alpha value is -2.26. The molecule has 1 unspecified atom stereocenters. The fourth-order valence-corrected chi connectivity index (χ4v) is 2.44. The van der Waals surface area contributed by atoms with Gasteiger partial charge in [0.2, 0.25) is 0 Å². The second-order valence-electron chi connectivity index (χ2n) is 4.40. The number of carbonyl (C=O) groups is 2. The summed E-state index contributed by atoms with van der Waals surface area (Å²) < 4.78 is 10.6. The van der Waals surface area contributed by atoms with Gasteiger partial charge in [-0.05, 0) is 19.9 Å². The standard InChI is InChI=1S/C14H13ClN2O4/c1-3-20-13-8(7(2)18)4-10(15)9(5-16)12(13)11-6-17-14(19)21-11/h4,11H,3,6H2,1-2H3,(H,17,19). The summed E-state index contributed by atoms with van der Waals surface area (Å²) in [6, 6.07) is 3.38. The number of Topliss-reactive ketones (excluding diaryl/α,β-unsaturated/α-hetero) is 1. The van der Waals surface area contributed by atoms with Gasteiger partial charge in [0.25, 0.3) is 0 Å².